The van der Waals surface area contributed by atoms with Crippen molar-refractivity contribution in [3.05, 3.63) is 65.1 Å². The number of hydrogen-bond donors (Lipinski definition) is 1. The molecular weight excluding hydrogens is 379 g/mol. The summed E-state index contributed by atoms with van der Waals surface area (Å²) in [4.78, 5) is 0. The van der Waals surface area contributed by atoms with Crippen LogP contribution in [0, 0.1) is 6.92 Å². The van der Waals surface area contributed by atoms with Crippen molar-refractivity contribution >= 4 is 10.9 Å². The van der Waals surface area contributed by atoms with Gasteiger partial charge in [0, 0.05) is 23.1 Å². The zero-order valence-corrected chi connectivity index (χ0v) is 15.7. The summed E-state index contributed by atoms with van der Waals surface area (Å²) in [5, 5.41) is 17.0. The number of nitrogens with one attached hydrogen (secondary N) is 1. The molecule has 1 unspecified atom stereocenters. The number of fused-ring (bicyclic) bond motifs is 2. The van der Waals surface area contributed by atoms with Crippen molar-refractivity contribution < 1.29 is 13.2 Å². The van der Waals surface area contributed by atoms with E-state index in [0.717, 1.165) is 70.8 Å². The van der Waals surface area contributed by atoms with Crippen LogP contribution in [0.15, 0.2) is 42.5 Å². The molecule has 2 aromatic carbocycles. The lowest BCUT2D eigenvalue weighted by Crippen LogP contribution is -2.20. The minimum Gasteiger partial charge on any atom is -0.303 e. The maximum atomic E-state index is 12.9. The quantitative estimate of drug-likeness (QED) is 0.513. The van der Waals surface area contributed by atoms with Crippen molar-refractivity contribution in [1.82, 2.24) is 25.0 Å². The molecule has 4 aromatic rings. The molecule has 2 aromatic heterocycles. The number of H-pyrrole nitrogens is 1. The molecule has 0 saturated heterocycles. The van der Waals surface area contributed by atoms with Gasteiger partial charge in [0.25, 0.3) is 0 Å². The molecule has 3 heterocycles. The Morgan fingerprint density at radius 1 is 1.07 bits per heavy atom. The molecule has 5 nitrogen and oxygen atoms in total. The normalized spacial score (nSPS) is 16.9. The second kappa shape index (κ2) is 6.43. The fraction of sp³-hybridized carbons (Fsp3) is 0.286. The highest BCUT2D eigenvalue weighted by Crippen LogP contribution is 2.37. The van der Waals surface area contributed by atoms with Gasteiger partial charge in [-0.15, -0.1) is 10.2 Å². The van der Waals surface area contributed by atoms with Gasteiger partial charge >= 0.3 is 6.18 Å². The molecular formula is C21H18F3N5. The third-order valence-electron chi connectivity index (χ3n) is 5.58. The molecule has 8 heteroatoms. The summed E-state index contributed by atoms with van der Waals surface area (Å²) in [6.45, 7) is 1.96. The van der Waals surface area contributed by atoms with Gasteiger partial charge in [-0.1, -0.05) is 12.1 Å². The van der Waals surface area contributed by atoms with Gasteiger partial charge in [-0.05, 0) is 55.7 Å². The molecule has 1 aliphatic heterocycles. The molecule has 148 valence electrons. The number of halogens is 3. The van der Waals surface area contributed by atoms with Crippen LogP contribution in [-0.4, -0.2) is 25.0 Å². The third kappa shape index (κ3) is 2.99. The van der Waals surface area contributed by atoms with E-state index in [1.54, 1.807) is 12.1 Å². The zero-order valence-electron chi connectivity index (χ0n) is 15.7. The van der Waals surface area contributed by atoms with Crippen LogP contribution in [0.2, 0.25) is 0 Å². The van der Waals surface area contributed by atoms with Crippen LogP contribution in [0.1, 0.15) is 41.5 Å². The van der Waals surface area contributed by atoms with E-state index < -0.39 is 11.7 Å². The largest absolute Gasteiger partial charge is 0.416 e. The predicted molar refractivity (Wildman–Crippen MR) is 102 cm³/mol. The number of nitrogens with zero attached hydrogens (tertiary/aromatic N) is 4. The predicted octanol–water partition coefficient (Wildman–Crippen LogP) is 5.07. The van der Waals surface area contributed by atoms with E-state index in [9.17, 15) is 13.2 Å². The number of aryl methyl sites for hydroxylation is 2. The molecule has 1 aliphatic rings. The molecule has 1 atom stereocenters. The summed E-state index contributed by atoms with van der Waals surface area (Å²) in [5.41, 5.74) is 2.96. The molecule has 0 aliphatic carbocycles. The van der Waals surface area contributed by atoms with Crippen molar-refractivity contribution in [3.8, 4) is 11.4 Å². The van der Waals surface area contributed by atoms with Crippen molar-refractivity contribution in [1.29, 1.82) is 0 Å². The summed E-state index contributed by atoms with van der Waals surface area (Å²) >= 11 is 0. The van der Waals surface area contributed by atoms with Crippen LogP contribution in [0.4, 0.5) is 13.2 Å². The van der Waals surface area contributed by atoms with Crippen LogP contribution >= 0.6 is 0 Å². The Labute approximate surface area is 164 Å². The summed E-state index contributed by atoms with van der Waals surface area (Å²) < 4.78 is 40.9. The minimum absolute atomic E-state index is 0.0906. The molecule has 5 rings (SSSR count). The number of aromatic nitrogens is 5. The molecule has 1 N–H and O–H groups in total. The third-order valence-corrected chi connectivity index (χ3v) is 5.58. The molecule has 0 bridgehead atoms. The average molecular weight is 397 g/mol. The van der Waals surface area contributed by atoms with E-state index in [4.69, 9.17) is 0 Å². The van der Waals surface area contributed by atoms with Gasteiger partial charge in [-0.25, -0.2) is 0 Å². The number of hydrogen-bond acceptors (Lipinski definition) is 3. The summed E-state index contributed by atoms with van der Waals surface area (Å²) in [6, 6.07) is 11.3. The lowest BCUT2D eigenvalue weighted by molar-refractivity contribution is -0.137. The number of benzene rings is 2. The Balaban J connectivity index is 1.59. The smallest absolute Gasteiger partial charge is 0.303 e. The Bertz CT molecular complexity index is 1190. The highest BCUT2D eigenvalue weighted by atomic mass is 19.4. The van der Waals surface area contributed by atoms with Gasteiger partial charge in [0.2, 0.25) is 0 Å². The van der Waals surface area contributed by atoms with Gasteiger partial charge in [0.1, 0.15) is 5.82 Å². The van der Waals surface area contributed by atoms with Crippen LogP contribution < -0.4 is 0 Å². The van der Waals surface area contributed by atoms with E-state index in [0.29, 0.717) is 0 Å². The van der Waals surface area contributed by atoms with E-state index in [1.807, 2.05) is 25.1 Å². The van der Waals surface area contributed by atoms with Crippen molar-refractivity contribution in [2.75, 3.05) is 0 Å². The van der Waals surface area contributed by atoms with Crippen LogP contribution in [0.5, 0.6) is 0 Å². The summed E-state index contributed by atoms with van der Waals surface area (Å²) in [5.74, 6) is 1.59. The Morgan fingerprint density at radius 2 is 1.86 bits per heavy atom. The fourth-order valence-corrected chi connectivity index (χ4v) is 4.09. The minimum atomic E-state index is -4.34. The van der Waals surface area contributed by atoms with E-state index in [-0.39, 0.29) is 6.04 Å². The van der Waals surface area contributed by atoms with Crippen LogP contribution in [0.3, 0.4) is 0 Å². The second-order valence-corrected chi connectivity index (χ2v) is 7.42. The first kappa shape index (κ1) is 17.9. The van der Waals surface area contributed by atoms with Gasteiger partial charge in [-0.2, -0.15) is 18.3 Å². The van der Waals surface area contributed by atoms with Gasteiger partial charge in [0.15, 0.2) is 5.82 Å². The van der Waals surface area contributed by atoms with E-state index >= 15 is 0 Å². The fourth-order valence-electron chi connectivity index (χ4n) is 4.09. The highest BCUT2D eigenvalue weighted by Gasteiger charge is 2.31. The second-order valence-electron chi connectivity index (χ2n) is 7.42. The van der Waals surface area contributed by atoms with E-state index in [2.05, 4.69) is 25.0 Å². The van der Waals surface area contributed by atoms with E-state index in [1.165, 1.54) is 0 Å². The van der Waals surface area contributed by atoms with Crippen molar-refractivity contribution in [2.24, 2.45) is 0 Å². The zero-order chi connectivity index (χ0) is 20.2. The molecule has 0 saturated carbocycles. The maximum Gasteiger partial charge on any atom is 0.416 e. The van der Waals surface area contributed by atoms with Gasteiger partial charge in [0.05, 0.1) is 17.1 Å². The molecule has 0 radical (unpaired) electrons. The first-order valence-electron chi connectivity index (χ1n) is 9.48. The van der Waals surface area contributed by atoms with Gasteiger partial charge in [-0.3, -0.25) is 5.10 Å². The van der Waals surface area contributed by atoms with Crippen molar-refractivity contribution in [3.63, 3.8) is 0 Å². The highest BCUT2D eigenvalue weighted by molar-refractivity contribution is 5.85. The summed E-state index contributed by atoms with van der Waals surface area (Å²) in [7, 11) is 0. The SMILES string of the molecule is Cc1[nH]nc2ccc(-c3nnc4n3C(c3ccc(C(F)(F)F)cc3)CCC4)cc12. The summed E-state index contributed by atoms with van der Waals surface area (Å²) in [6.07, 6.45) is -1.78. The average Bonchev–Trinajstić information content (AvgIpc) is 3.31. The standard InChI is InChI=1S/C21H18F3N5/c1-12-16-11-14(7-10-17(16)26-25-12)20-28-27-19-4-2-3-18(29(19)20)13-5-8-15(9-6-13)21(22,23)24/h5-11,18H,2-4H2,1H3,(H,25,26). The lowest BCUT2D eigenvalue weighted by Gasteiger charge is -2.27. The number of aromatic amines is 1. The number of rotatable bonds is 2. The topological polar surface area (TPSA) is 59.4 Å². The molecule has 29 heavy (non-hydrogen) atoms. The first-order chi connectivity index (χ1) is 13.9. The monoisotopic (exact) mass is 397 g/mol. The Kier molecular flexibility index (Phi) is 3.97. The van der Waals surface area contributed by atoms with Gasteiger partial charge < -0.3 is 4.57 Å². The molecule has 0 fully saturated rings. The first-order valence-corrected chi connectivity index (χ1v) is 9.48. The maximum absolute atomic E-state index is 12.9. The lowest BCUT2D eigenvalue weighted by atomic mass is 9.95. The number of alkyl halides is 3. The molecule has 0 amide bonds. The molecule has 0 spiro atoms. The van der Waals surface area contributed by atoms with Crippen LogP contribution in [0.25, 0.3) is 22.3 Å². The van der Waals surface area contributed by atoms with Crippen molar-refractivity contribution in [2.45, 2.75) is 38.4 Å². The Hall–Kier alpha value is -3.16. The van der Waals surface area contributed by atoms with Crippen LogP contribution in [-0.2, 0) is 12.6 Å². The Morgan fingerprint density at radius 3 is 2.62 bits per heavy atom.